The van der Waals surface area contributed by atoms with E-state index in [1.54, 1.807) is 5.57 Å². The van der Waals surface area contributed by atoms with E-state index in [1.807, 2.05) is 0 Å². The zero-order chi connectivity index (χ0) is 11.6. The predicted octanol–water partition coefficient (Wildman–Crippen LogP) is 4.44. The van der Waals surface area contributed by atoms with Crippen molar-refractivity contribution in [3.05, 3.63) is 11.6 Å². The summed E-state index contributed by atoms with van der Waals surface area (Å²) in [6.45, 7) is 2.28. The largest absolute Gasteiger partial charge is 0.317 e. The molecule has 0 aliphatic heterocycles. The quantitative estimate of drug-likeness (QED) is 0.474. The van der Waals surface area contributed by atoms with Crippen LogP contribution in [0.15, 0.2) is 11.6 Å². The number of unbranched alkanes of at least 4 members (excludes halogenated alkanes) is 3. The minimum atomic E-state index is 0.723. The Morgan fingerprint density at radius 1 is 1.25 bits per heavy atom. The average Bonchev–Trinajstić information content (AvgIpc) is 2.34. The molecular weight excluding hydrogens is 194 g/mol. The summed E-state index contributed by atoms with van der Waals surface area (Å²) in [4.78, 5) is 0. The molecule has 0 aromatic carbocycles. The Kier molecular flexibility index (Phi) is 7.58. The fourth-order valence-electron chi connectivity index (χ4n) is 2.57. The molecule has 0 saturated heterocycles. The van der Waals surface area contributed by atoms with Gasteiger partial charge < -0.3 is 5.32 Å². The molecule has 1 atom stereocenters. The molecule has 0 amide bonds. The van der Waals surface area contributed by atoms with Gasteiger partial charge in [-0.25, -0.2) is 0 Å². The standard InChI is InChI=1S/C15H29N/c1-3-4-5-9-12-15(16-2)13-14-10-7-6-8-11-14/h10,15-16H,3-9,11-13H2,1-2H3. The Labute approximate surface area is 102 Å². The molecule has 1 aliphatic rings. The second-order valence-electron chi connectivity index (χ2n) is 5.15. The number of allylic oxidation sites excluding steroid dienone is 1. The molecule has 0 radical (unpaired) electrons. The molecule has 94 valence electrons. The van der Waals surface area contributed by atoms with E-state index >= 15 is 0 Å². The van der Waals surface area contributed by atoms with Crippen LogP contribution in [0.1, 0.15) is 71.1 Å². The molecule has 0 fully saturated rings. The van der Waals surface area contributed by atoms with Gasteiger partial charge in [0, 0.05) is 6.04 Å². The van der Waals surface area contributed by atoms with Crippen LogP contribution in [0.3, 0.4) is 0 Å². The second-order valence-corrected chi connectivity index (χ2v) is 5.15. The van der Waals surface area contributed by atoms with Crippen LogP contribution < -0.4 is 5.32 Å². The van der Waals surface area contributed by atoms with Crippen molar-refractivity contribution in [1.29, 1.82) is 0 Å². The lowest BCUT2D eigenvalue weighted by molar-refractivity contribution is 0.473. The van der Waals surface area contributed by atoms with Crippen LogP contribution in [-0.4, -0.2) is 13.1 Å². The zero-order valence-electron chi connectivity index (χ0n) is 11.2. The third kappa shape index (κ3) is 5.69. The van der Waals surface area contributed by atoms with E-state index in [0.717, 1.165) is 6.04 Å². The van der Waals surface area contributed by atoms with Crippen LogP contribution >= 0.6 is 0 Å². The van der Waals surface area contributed by atoms with Gasteiger partial charge >= 0.3 is 0 Å². The highest BCUT2D eigenvalue weighted by atomic mass is 14.9. The Balaban J connectivity index is 2.17. The summed E-state index contributed by atoms with van der Waals surface area (Å²) in [5.41, 5.74) is 1.71. The summed E-state index contributed by atoms with van der Waals surface area (Å²) in [7, 11) is 2.12. The fraction of sp³-hybridized carbons (Fsp3) is 0.867. The van der Waals surface area contributed by atoms with Crippen molar-refractivity contribution in [2.45, 2.75) is 77.2 Å². The van der Waals surface area contributed by atoms with E-state index in [0.29, 0.717) is 0 Å². The number of nitrogens with one attached hydrogen (secondary N) is 1. The average molecular weight is 223 g/mol. The maximum Gasteiger partial charge on any atom is 0.0101 e. The summed E-state index contributed by atoms with van der Waals surface area (Å²) in [6, 6.07) is 0.723. The van der Waals surface area contributed by atoms with E-state index in [9.17, 15) is 0 Å². The van der Waals surface area contributed by atoms with E-state index in [4.69, 9.17) is 0 Å². The van der Waals surface area contributed by atoms with Crippen LogP contribution in [0.2, 0.25) is 0 Å². The van der Waals surface area contributed by atoms with Gasteiger partial charge in [-0.2, -0.15) is 0 Å². The van der Waals surface area contributed by atoms with Crippen LogP contribution in [0.5, 0.6) is 0 Å². The van der Waals surface area contributed by atoms with Crippen molar-refractivity contribution in [3.8, 4) is 0 Å². The third-order valence-electron chi connectivity index (χ3n) is 3.71. The van der Waals surface area contributed by atoms with Gasteiger partial charge in [0.15, 0.2) is 0 Å². The Hall–Kier alpha value is -0.300. The van der Waals surface area contributed by atoms with Crippen molar-refractivity contribution in [3.63, 3.8) is 0 Å². The summed E-state index contributed by atoms with van der Waals surface area (Å²) >= 11 is 0. The van der Waals surface area contributed by atoms with Gasteiger partial charge in [0.25, 0.3) is 0 Å². The maximum absolute atomic E-state index is 3.49. The second kappa shape index (κ2) is 8.81. The lowest BCUT2D eigenvalue weighted by Crippen LogP contribution is -2.25. The Morgan fingerprint density at radius 2 is 2.12 bits per heavy atom. The normalized spacial score (nSPS) is 18.2. The van der Waals surface area contributed by atoms with Crippen LogP contribution in [-0.2, 0) is 0 Å². The summed E-state index contributed by atoms with van der Waals surface area (Å²) in [5.74, 6) is 0. The van der Waals surface area contributed by atoms with Crippen LogP contribution in [0.25, 0.3) is 0 Å². The van der Waals surface area contributed by atoms with Gasteiger partial charge in [0.05, 0.1) is 0 Å². The minimum absolute atomic E-state index is 0.723. The summed E-state index contributed by atoms with van der Waals surface area (Å²) in [6.07, 6.45) is 16.2. The molecule has 1 unspecified atom stereocenters. The van der Waals surface area contributed by atoms with Gasteiger partial charge in [-0.15, -0.1) is 0 Å². The molecule has 1 rings (SSSR count). The van der Waals surface area contributed by atoms with E-state index in [1.165, 1.54) is 64.2 Å². The van der Waals surface area contributed by atoms with E-state index in [2.05, 4.69) is 25.4 Å². The van der Waals surface area contributed by atoms with Gasteiger partial charge in [-0.1, -0.05) is 44.3 Å². The highest BCUT2D eigenvalue weighted by Gasteiger charge is 2.10. The molecule has 0 aromatic heterocycles. The van der Waals surface area contributed by atoms with Crippen molar-refractivity contribution in [2.75, 3.05) is 7.05 Å². The number of hydrogen-bond donors (Lipinski definition) is 1. The van der Waals surface area contributed by atoms with Gasteiger partial charge in [0.1, 0.15) is 0 Å². The van der Waals surface area contributed by atoms with Crippen molar-refractivity contribution < 1.29 is 0 Å². The highest BCUT2D eigenvalue weighted by Crippen LogP contribution is 2.22. The first-order chi connectivity index (χ1) is 7.86. The lowest BCUT2D eigenvalue weighted by atomic mass is 9.92. The molecule has 1 heteroatoms. The van der Waals surface area contributed by atoms with E-state index in [-0.39, 0.29) is 0 Å². The molecular formula is C15H29N. The monoisotopic (exact) mass is 223 g/mol. The molecule has 0 bridgehead atoms. The zero-order valence-corrected chi connectivity index (χ0v) is 11.2. The van der Waals surface area contributed by atoms with Crippen LogP contribution in [0, 0.1) is 0 Å². The van der Waals surface area contributed by atoms with Gasteiger partial charge in [-0.3, -0.25) is 0 Å². The van der Waals surface area contributed by atoms with E-state index < -0.39 is 0 Å². The van der Waals surface area contributed by atoms with Gasteiger partial charge in [0.2, 0.25) is 0 Å². The summed E-state index contributed by atoms with van der Waals surface area (Å²) in [5, 5.41) is 3.49. The molecule has 0 saturated carbocycles. The Morgan fingerprint density at radius 3 is 2.75 bits per heavy atom. The SMILES string of the molecule is CCCCCCC(CC1=CCCCC1)NC. The first-order valence-electron chi connectivity index (χ1n) is 7.22. The predicted molar refractivity (Wildman–Crippen MR) is 72.8 cm³/mol. The van der Waals surface area contributed by atoms with Crippen molar-refractivity contribution in [2.24, 2.45) is 0 Å². The first kappa shape index (κ1) is 13.8. The topological polar surface area (TPSA) is 12.0 Å². The molecule has 16 heavy (non-hydrogen) atoms. The molecule has 1 N–H and O–H groups in total. The summed E-state index contributed by atoms with van der Waals surface area (Å²) < 4.78 is 0. The van der Waals surface area contributed by atoms with Crippen LogP contribution in [0.4, 0.5) is 0 Å². The molecule has 1 aliphatic carbocycles. The van der Waals surface area contributed by atoms with Crippen molar-refractivity contribution in [1.82, 2.24) is 5.32 Å². The minimum Gasteiger partial charge on any atom is -0.317 e. The highest BCUT2D eigenvalue weighted by molar-refractivity contribution is 5.06. The molecule has 0 spiro atoms. The van der Waals surface area contributed by atoms with Gasteiger partial charge in [-0.05, 0) is 45.6 Å². The third-order valence-corrected chi connectivity index (χ3v) is 3.71. The first-order valence-corrected chi connectivity index (χ1v) is 7.22. The number of hydrogen-bond acceptors (Lipinski definition) is 1. The lowest BCUT2D eigenvalue weighted by Gasteiger charge is -2.20. The number of rotatable bonds is 8. The Bertz CT molecular complexity index is 196. The smallest absolute Gasteiger partial charge is 0.0101 e. The fourth-order valence-corrected chi connectivity index (χ4v) is 2.57. The molecule has 0 aromatic rings. The van der Waals surface area contributed by atoms with Crippen molar-refractivity contribution >= 4 is 0 Å². The maximum atomic E-state index is 3.49. The molecule has 0 heterocycles. The molecule has 1 nitrogen and oxygen atoms in total.